The minimum atomic E-state index is -0.305. The lowest BCUT2D eigenvalue weighted by Gasteiger charge is -2.38. The molecule has 1 N–H and O–H groups in total. The number of halogens is 1. The highest BCUT2D eigenvalue weighted by Crippen LogP contribution is 2.24. The molecular weight excluding hydrogens is 249 g/mol. The summed E-state index contributed by atoms with van der Waals surface area (Å²) in [6.45, 7) is 4.37. The molecule has 0 aliphatic carbocycles. The van der Waals surface area contributed by atoms with Crippen molar-refractivity contribution >= 4 is 5.91 Å². The Hall–Kier alpha value is -1.62. The second kappa shape index (κ2) is 6.02. The van der Waals surface area contributed by atoms with Crippen LogP contribution in [0.1, 0.15) is 13.3 Å². The third-order valence-corrected chi connectivity index (χ3v) is 3.02. The summed E-state index contributed by atoms with van der Waals surface area (Å²) in [7, 11) is 0. The van der Waals surface area contributed by atoms with Crippen LogP contribution in [0.3, 0.4) is 0 Å². The van der Waals surface area contributed by atoms with E-state index in [9.17, 15) is 9.18 Å². The van der Waals surface area contributed by atoms with Gasteiger partial charge in [0.05, 0.1) is 26.2 Å². The number of rotatable bonds is 6. The van der Waals surface area contributed by atoms with E-state index < -0.39 is 0 Å². The molecule has 0 atom stereocenters. The quantitative estimate of drug-likeness (QED) is 0.854. The van der Waals surface area contributed by atoms with Gasteiger partial charge in [-0.3, -0.25) is 4.79 Å². The molecule has 5 heteroatoms. The number of ether oxygens (including phenoxy) is 2. The summed E-state index contributed by atoms with van der Waals surface area (Å²) < 4.78 is 23.1. The third-order valence-electron chi connectivity index (χ3n) is 3.02. The Kier molecular flexibility index (Phi) is 4.37. The largest absolute Gasteiger partial charge is 0.493 e. The van der Waals surface area contributed by atoms with Gasteiger partial charge in [0.25, 0.3) is 0 Å². The molecule has 0 aromatic heterocycles. The number of hydrogen-bond donors (Lipinski definition) is 1. The highest BCUT2D eigenvalue weighted by atomic mass is 19.1. The first-order valence-corrected chi connectivity index (χ1v) is 6.30. The summed E-state index contributed by atoms with van der Waals surface area (Å²) in [6.07, 6.45) is 0.286. The number of carbonyl (C=O) groups excluding carboxylic acids is 1. The highest BCUT2D eigenvalue weighted by molar-refractivity contribution is 5.76. The number of hydrogen-bond acceptors (Lipinski definition) is 3. The number of nitrogens with one attached hydrogen (secondary N) is 1. The summed E-state index contributed by atoms with van der Waals surface area (Å²) >= 11 is 0. The Morgan fingerprint density at radius 1 is 1.42 bits per heavy atom. The number of benzene rings is 1. The highest BCUT2D eigenvalue weighted by Gasteiger charge is 2.33. The Labute approximate surface area is 111 Å². The molecule has 1 heterocycles. The van der Waals surface area contributed by atoms with Gasteiger partial charge in [0.1, 0.15) is 11.6 Å². The maximum Gasteiger partial charge on any atom is 0.223 e. The monoisotopic (exact) mass is 267 g/mol. The van der Waals surface area contributed by atoms with E-state index in [1.807, 2.05) is 0 Å². The van der Waals surface area contributed by atoms with Crippen molar-refractivity contribution < 1.29 is 18.7 Å². The first kappa shape index (κ1) is 13.8. The van der Waals surface area contributed by atoms with E-state index in [4.69, 9.17) is 9.47 Å². The van der Waals surface area contributed by atoms with E-state index >= 15 is 0 Å². The third kappa shape index (κ3) is 4.21. The van der Waals surface area contributed by atoms with Crippen LogP contribution in [0.25, 0.3) is 0 Å². The van der Waals surface area contributed by atoms with Gasteiger partial charge in [-0.05, 0) is 24.3 Å². The Bertz CT molecular complexity index is 429. The lowest BCUT2D eigenvalue weighted by molar-refractivity contribution is -0.127. The van der Waals surface area contributed by atoms with Crippen LogP contribution in [-0.4, -0.2) is 32.3 Å². The van der Waals surface area contributed by atoms with Gasteiger partial charge in [-0.1, -0.05) is 6.92 Å². The molecule has 0 unspecified atom stereocenters. The Morgan fingerprint density at radius 3 is 2.68 bits per heavy atom. The molecule has 0 bridgehead atoms. The first-order valence-electron chi connectivity index (χ1n) is 6.30. The molecule has 104 valence electrons. The Morgan fingerprint density at radius 2 is 2.11 bits per heavy atom. The van der Waals surface area contributed by atoms with Crippen LogP contribution in [0.2, 0.25) is 0 Å². The van der Waals surface area contributed by atoms with E-state index in [2.05, 4.69) is 12.2 Å². The lowest BCUT2D eigenvalue weighted by Crippen LogP contribution is -2.48. The maximum absolute atomic E-state index is 12.7. The SMILES string of the molecule is CC1(CNC(=O)CCOc2ccc(F)cc2)COC1. The molecule has 0 saturated carbocycles. The molecular formula is C14H18FNO3. The van der Waals surface area contributed by atoms with Gasteiger partial charge in [0, 0.05) is 12.0 Å². The second-order valence-electron chi connectivity index (χ2n) is 5.13. The van der Waals surface area contributed by atoms with Gasteiger partial charge in [-0.2, -0.15) is 0 Å². The Balaban J connectivity index is 1.62. The molecule has 0 spiro atoms. The van der Waals surface area contributed by atoms with Gasteiger partial charge >= 0.3 is 0 Å². The lowest BCUT2D eigenvalue weighted by atomic mass is 9.89. The molecule has 1 aliphatic rings. The van der Waals surface area contributed by atoms with Gasteiger partial charge in [0.2, 0.25) is 5.91 Å². The fourth-order valence-corrected chi connectivity index (χ4v) is 1.75. The molecule has 19 heavy (non-hydrogen) atoms. The van der Waals surface area contributed by atoms with Crippen LogP contribution in [0.5, 0.6) is 5.75 Å². The minimum Gasteiger partial charge on any atom is -0.493 e. The molecule has 1 amide bonds. The molecule has 4 nitrogen and oxygen atoms in total. The molecule has 0 radical (unpaired) electrons. The van der Waals surface area contributed by atoms with Crippen molar-refractivity contribution in [3.05, 3.63) is 30.1 Å². The van der Waals surface area contributed by atoms with Crippen LogP contribution in [-0.2, 0) is 9.53 Å². The van der Waals surface area contributed by atoms with Crippen LogP contribution in [0, 0.1) is 11.2 Å². The normalized spacial score (nSPS) is 16.5. The fraction of sp³-hybridized carbons (Fsp3) is 0.500. The van der Waals surface area contributed by atoms with Gasteiger partial charge in [-0.25, -0.2) is 4.39 Å². The number of amides is 1. The zero-order valence-corrected chi connectivity index (χ0v) is 10.9. The predicted molar refractivity (Wildman–Crippen MR) is 68.4 cm³/mol. The zero-order valence-electron chi connectivity index (χ0n) is 10.9. The molecule has 1 saturated heterocycles. The summed E-state index contributed by atoms with van der Waals surface area (Å²) in [4.78, 5) is 11.6. The van der Waals surface area contributed by atoms with E-state index in [1.165, 1.54) is 12.1 Å². The molecule has 1 aromatic rings. The topological polar surface area (TPSA) is 47.6 Å². The summed E-state index contributed by atoms with van der Waals surface area (Å²) in [5.74, 6) is 0.213. The summed E-state index contributed by atoms with van der Waals surface area (Å²) in [5.41, 5.74) is 0.0769. The smallest absolute Gasteiger partial charge is 0.223 e. The zero-order chi connectivity index (χ0) is 13.7. The van der Waals surface area contributed by atoms with Crippen molar-refractivity contribution in [3.8, 4) is 5.75 Å². The number of carbonyl (C=O) groups is 1. The van der Waals surface area contributed by atoms with E-state index in [0.717, 1.165) is 0 Å². The van der Waals surface area contributed by atoms with Crippen molar-refractivity contribution in [2.75, 3.05) is 26.4 Å². The first-order chi connectivity index (χ1) is 9.07. The van der Waals surface area contributed by atoms with Gasteiger partial charge < -0.3 is 14.8 Å². The van der Waals surface area contributed by atoms with Crippen molar-refractivity contribution in [1.82, 2.24) is 5.32 Å². The minimum absolute atomic E-state index is 0.0461. The molecule has 1 aliphatic heterocycles. The second-order valence-corrected chi connectivity index (χ2v) is 5.13. The predicted octanol–water partition coefficient (Wildman–Crippen LogP) is 1.75. The fourth-order valence-electron chi connectivity index (χ4n) is 1.75. The maximum atomic E-state index is 12.7. The van der Waals surface area contributed by atoms with Crippen molar-refractivity contribution in [2.45, 2.75) is 13.3 Å². The van der Waals surface area contributed by atoms with E-state index in [-0.39, 0.29) is 30.2 Å². The molecule has 2 rings (SSSR count). The van der Waals surface area contributed by atoms with E-state index in [0.29, 0.717) is 25.5 Å². The average molecular weight is 267 g/mol. The van der Waals surface area contributed by atoms with Gasteiger partial charge in [-0.15, -0.1) is 0 Å². The van der Waals surface area contributed by atoms with Crippen LogP contribution < -0.4 is 10.1 Å². The van der Waals surface area contributed by atoms with Crippen molar-refractivity contribution in [1.29, 1.82) is 0 Å². The van der Waals surface area contributed by atoms with Crippen LogP contribution >= 0.6 is 0 Å². The standard InChI is InChI=1S/C14H18FNO3/c1-14(9-18-10-14)8-16-13(17)6-7-19-12-4-2-11(15)3-5-12/h2-5H,6-10H2,1H3,(H,16,17). The molecule has 1 aromatic carbocycles. The molecule has 1 fully saturated rings. The summed E-state index contributed by atoms with van der Waals surface area (Å²) in [6, 6.07) is 5.74. The average Bonchev–Trinajstić information content (AvgIpc) is 2.36. The van der Waals surface area contributed by atoms with Crippen LogP contribution in [0.15, 0.2) is 24.3 Å². The van der Waals surface area contributed by atoms with Gasteiger partial charge in [0.15, 0.2) is 0 Å². The van der Waals surface area contributed by atoms with E-state index in [1.54, 1.807) is 12.1 Å². The van der Waals surface area contributed by atoms with Crippen molar-refractivity contribution in [2.24, 2.45) is 5.41 Å². The van der Waals surface area contributed by atoms with Crippen LogP contribution in [0.4, 0.5) is 4.39 Å². The summed E-state index contributed by atoms with van der Waals surface area (Å²) in [5, 5.41) is 2.86. The van der Waals surface area contributed by atoms with Crippen molar-refractivity contribution in [3.63, 3.8) is 0 Å².